The number of aryl methyl sites for hydroxylation is 1. The molecule has 1 heterocycles. The molecular weight excluding hydrogens is 328 g/mol. The zero-order chi connectivity index (χ0) is 15.5. The first-order chi connectivity index (χ1) is 9.83. The van der Waals surface area contributed by atoms with Gasteiger partial charge in [0.15, 0.2) is 0 Å². The van der Waals surface area contributed by atoms with Crippen LogP contribution in [0, 0.1) is 6.92 Å². The van der Waals surface area contributed by atoms with Crippen molar-refractivity contribution in [2.45, 2.75) is 39.8 Å². The number of nitrogens with zero attached hydrogens (tertiary/aromatic N) is 1. The van der Waals surface area contributed by atoms with Crippen molar-refractivity contribution in [3.05, 3.63) is 52.3 Å². The average molecular weight is 349 g/mol. The smallest absolute Gasteiger partial charge is 0.131 e. The van der Waals surface area contributed by atoms with Crippen molar-refractivity contribution >= 4 is 15.9 Å². The second-order valence-corrected chi connectivity index (χ2v) is 7.01. The van der Waals surface area contributed by atoms with Gasteiger partial charge < -0.3 is 10.1 Å². The van der Waals surface area contributed by atoms with Crippen molar-refractivity contribution in [1.29, 1.82) is 0 Å². The molecule has 0 atom stereocenters. The first-order valence-electron chi connectivity index (χ1n) is 6.97. The lowest BCUT2D eigenvalue weighted by molar-refractivity contribution is 0.419. The number of benzene rings is 1. The van der Waals surface area contributed by atoms with Gasteiger partial charge in [0.1, 0.15) is 11.5 Å². The summed E-state index contributed by atoms with van der Waals surface area (Å²) in [5.41, 5.74) is 2.14. The van der Waals surface area contributed by atoms with Gasteiger partial charge in [-0.1, -0.05) is 22.0 Å². The van der Waals surface area contributed by atoms with Gasteiger partial charge in [-0.2, -0.15) is 0 Å². The normalized spacial score (nSPS) is 11.5. The fraction of sp³-hybridized carbons (Fsp3) is 0.353. The number of halogens is 1. The molecule has 2 aromatic rings. The van der Waals surface area contributed by atoms with Crippen molar-refractivity contribution in [2.24, 2.45) is 0 Å². The summed E-state index contributed by atoms with van der Waals surface area (Å²) in [5.74, 6) is 1.65. The first kappa shape index (κ1) is 16.0. The Morgan fingerprint density at radius 3 is 2.67 bits per heavy atom. The van der Waals surface area contributed by atoms with E-state index >= 15 is 0 Å². The zero-order valence-corrected chi connectivity index (χ0v) is 14.5. The molecular formula is C17H21BrN2O. The van der Waals surface area contributed by atoms with Gasteiger partial charge in [-0.05, 0) is 51.5 Å². The van der Waals surface area contributed by atoms with E-state index in [1.807, 2.05) is 37.3 Å². The number of ether oxygens (including phenoxy) is 1. The van der Waals surface area contributed by atoms with E-state index in [0.717, 1.165) is 33.8 Å². The van der Waals surface area contributed by atoms with Crippen molar-refractivity contribution in [3.8, 4) is 11.5 Å². The van der Waals surface area contributed by atoms with Gasteiger partial charge in [0.05, 0.1) is 5.69 Å². The van der Waals surface area contributed by atoms with Crippen LogP contribution in [0.5, 0.6) is 11.5 Å². The minimum absolute atomic E-state index is 0.0689. The average Bonchev–Trinajstić information content (AvgIpc) is 2.40. The molecule has 1 aromatic carbocycles. The van der Waals surface area contributed by atoms with E-state index in [-0.39, 0.29) is 5.54 Å². The molecule has 1 aromatic heterocycles. The van der Waals surface area contributed by atoms with Crippen LogP contribution < -0.4 is 10.1 Å². The molecule has 0 radical (unpaired) electrons. The molecule has 21 heavy (non-hydrogen) atoms. The van der Waals surface area contributed by atoms with Crippen LogP contribution in [0.25, 0.3) is 0 Å². The summed E-state index contributed by atoms with van der Waals surface area (Å²) in [6, 6.07) is 9.86. The summed E-state index contributed by atoms with van der Waals surface area (Å²) in [6.45, 7) is 9.16. The third-order valence-electron chi connectivity index (χ3n) is 2.97. The molecule has 0 bridgehead atoms. The molecule has 112 valence electrons. The van der Waals surface area contributed by atoms with Gasteiger partial charge in [0.25, 0.3) is 0 Å². The third-order valence-corrected chi connectivity index (χ3v) is 3.46. The highest BCUT2D eigenvalue weighted by atomic mass is 79.9. The quantitative estimate of drug-likeness (QED) is 0.858. The minimum atomic E-state index is 0.0689. The number of pyridine rings is 1. The number of rotatable bonds is 4. The highest BCUT2D eigenvalue weighted by molar-refractivity contribution is 9.10. The highest BCUT2D eigenvalue weighted by Gasteiger charge is 2.09. The number of hydrogen-bond acceptors (Lipinski definition) is 3. The number of nitrogens with one attached hydrogen (secondary N) is 1. The van der Waals surface area contributed by atoms with E-state index < -0.39 is 0 Å². The lowest BCUT2D eigenvalue weighted by atomic mass is 10.1. The summed E-state index contributed by atoms with van der Waals surface area (Å²) in [6.07, 6.45) is 1.78. The Hall–Kier alpha value is -1.39. The molecule has 0 amide bonds. The minimum Gasteiger partial charge on any atom is -0.457 e. The Labute approximate surface area is 134 Å². The molecule has 0 aliphatic carbocycles. The van der Waals surface area contributed by atoms with Crippen LogP contribution >= 0.6 is 15.9 Å². The Kier molecular flexibility index (Phi) is 5.01. The highest BCUT2D eigenvalue weighted by Crippen LogP contribution is 2.28. The van der Waals surface area contributed by atoms with E-state index in [2.05, 4.69) is 47.0 Å². The van der Waals surface area contributed by atoms with Crippen molar-refractivity contribution in [2.75, 3.05) is 0 Å². The maximum Gasteiger partial charge on any atom is 0.131 e. The SMILES string of the molecule is Cc1ccc(Br)cc1Oc1ccnc(CNC(C)(C)C)c1. The standard InChI is InChI=1S/C17H21BrN2O/c1-12-5-6-13(18)9-16(12)21-15-7-8-19-14(10-15)11-20-17(2,3)4/h5-10,20H,11H2,1-4H3. The predicted molar refractivity (Wildman–Crippen MR) is 89.8 cm³/mol. The summed E-state index contributed by atoms with van der Waals surface area (Å²) in [5, 5.41) is 3.42. The van der Waals surface area contributed by atoms with Crippen LogP contribution in [-0.2, 0) is 6.54 Å². The fourth-order valence-corrected chi connectivity index (χ4v) is 2.12. The van der Waals surface area contributed by atoms with Crippen LogP contribution in [-0.4, -0.2) is 10.5 Å². The molecule has 4 heteroatoms. The van der Waals surface area contributed by atoms with Crippen LogP contribution in [0.4, 0.5) is 0 Å². The number of hydrogen-bond donors (Lipinski definition) is 1. The topological polar surface area (TPSA) is 34.1 Å². The van der Waals surface area contributed by atoms with Crippen LogP contribution in [0.3, 0.4) is 0 Å². The summed E-state index contributed by atoms with van der Waals surface area (Å²) < 4.78 is 6.97. The first-order valence-corrected chi connectivity index (χ1v) is 7.77. The second-order valence-electron chi connectivity index (χ2n) is 6.10. The van der Waals surface area contributed by atoms with Gasteiger partial charge in [0, 0.05) is 28.8 Å². The lowest BCUT2D eigenvalue weighted by Crippen LogP contribution is -2.35. The molecule has 0 saturated heterocycles. The molecule has 0 unspecified atom stereocenters. The van der Waals surface area contributed by atoms with Crippen molar-refractivity contribution in [1.82, 2.24) is 10.3 Å². The molecule has 2 rings (SSSR count). The molecule has 0 spiro atoms. The zero-order valence-electron chi connectivity index (χ0n) is 12.9. The molecule has 0 saturated carbocycles. The van der Waals surface area contributed by atoms with Crippen molar-refractivity contribution in [3.63, 3.8) is 0 Å². The lowest BCUT2D eigenvalue weighted by Gasteiger charge is -2.20. The van der Waals surface area contributed by atoms with Gasteiger partial charge >= 0.3 is 0 Å². The van der Waals surface area contributed by atoms with E-state index in [4.69, 9.17) is 4.74 Å². The second kappa shape index (κ2) is 6.58. The summed E-state index contributed by atoms with van der Waals surface area (Å²) >= 11 is 3.47. The van der Waals surface area contributed by atoms with Crippen LogP contribution in [0.1, 0.15) is 32.0 Å². The Morgan fingerprint density at radius 1 is 1.19 bits per heavy atom. The van der Waals surface area contributed by atoms with E-state index in [9.17, 15) is 0 Å². The monoisotopic (exact) mass is 348 g/mol. The van der Waals surface area contributed by atoms with E-state index in [1.165, 1.54) is 0 Å². The van der Waals surface area contributed by atoms with Gasteiger partial charge in [-0.15, -0.1) is 0 Å². The van der Waals surface area contributed by atoms with Gasteiger partial charge in [-0.3, -0.25) is 4.98 Å². The van der Waals surface area contributed by atoms with E-state index in [0.29, 0.717) is 0 Å². The van der Waals surface area contributed by atoms with E-state index in [1.54, 1.807) is 6.20 Å². The van der Waals surface area contributed by atoms with Gasteiger partial charge in [0.2, 0.25) is 0 Å². The largest absolute Gasteiger partial charge is 0.457 e. The van der Waals surface area contributed by atoms with Crippen molar-refractivity contribution < 1.29 is 4.74 Å². The Bertz CT molecular complexity index is 620. The molecule has 3 nitrogen and oxygen atoms in total. The maximum atomic E-state index is 5.96. The molecule has 0 aliphatic heterocycles. The molecule has 1 N–H and O–H groups in total. The maximum absolute atomic E-state index is 5.96. The Morgan fingerprint density at radius 2 is 1.95 bits per heavy atom. The molecule has 0 aliphatic rings. The third kappa shape index (κ3) is 5.14. The predicted octanol–water partition coefficient (Wildman–Crippen LogP) is 4.83. The summed E-state index contributed by atoms with van der Waals surface area (Å²) in [7, 11) is 0. The molecule has 0 fully saturated rings. The van der Waals surface area contributed by atoms with Crippen LogP contribution in [0.15, 0.2) is 41.0 Å². The fourth-order valence-electron chi connectivity index (χ4n) is 1.78. The number of aromatic nitrogens is 1. The van der Waals surface area contributed by atoms with Crippen LogP contribution in [0.2, 0.25) is 0 Å². The van der Waals surface area contributed by atoms with Gasteiger partial charge in [-0.25, -0.2) is 0 Å². The summed E-state index contributed by atoms with van der Waals surface area (Å²) in [4.78, 5) is 4.37. The Balaban J connectivity index is 2.12.